The lowest BCUT2D eigenvalue weighted by atomic mass is 10.1. The minimum Gasteiger partial charge on any atom is -0.507 e. The van der Waals surface area contributed by atoms with Crippen LogP contribution in [-0.4, -0.2) is 48.6 Å². The van der Waals surface area contributed by atoms with E-state index in [-0.39, 0.29) is 11.4 Å². The van der Waals surface area contributed by atoms with E-state index in [1.165, 1.54) is 0 Å². The van der Waals surface area contributed by atoms with Crippen LogP contribution < -0.4 is 10.6 Å². The number of carbonyl (C=O) groups excluding carboxylic acids is 1. The molecule has 0 aliphatic heterocycles. The topological polar surface area (TPSA) is 197 Å². The van der Waals surface area contributed by atoms with Crippen LogP contribution in [0, 0.1) is 0 Å². The summed E-state index contributed by atoms with van der Waals surface area (Å²) in [6.07, 6.45) is 0. The number of anilines is 2. The molecule has 8 N–H and O–H groups in total. The summed E-state index contributed by atoms with van der Waals surface area (Å²) in [5, 5.41) is 60.3. The number of carboxylic acid groups (broad SMARTS) is 2. The molecule has 0 fully saturated rings. The van der Waals surface area contributed by atoms with Gasteiger partial charge in [0.15, 0.2) is 0 Å². The fourth-order valence-electron chi connectivity index (χ4n) is 1.97. The number of rotatable bonds is 4. The van der Waals surface area contributed by atoms with Gasteiger partial charge in [0.05, 0.1) is 11.4 Å². The van der Waals surface area contributed by atoms with Crippen LogP contribution in [0.1, 0.15) is 20.7 Å². The number of hydrogen-bond acceptors (Lipinski definition) is 7. The fourth-order valence-corrected chi connectivity index (χ4v) is 1.97. The van der Waals surface area contributed by atoms with Crippen molar-refractivity contribution in [3.8, 4) is 23.0 Å². The van der Waals surface area contributed by atoms with Crippen molar-refractivity contribution in [1.29, 1.82) is 0 Å². The van der Waals surface area contributed by atoms with Crippen molar-refractivity contribution < 1.29 is 45.0 Å². The van der Waals surface area contributed by atoms with Crippen molar-refractivity contribution in [3.63, 3.8) is 0 Å². The number of phenolic OH excluding ortho intramolecular Hbond substituents is 2. The molecule has 0 heterocycles. The number of urea groups is 1. The molecule has 2 aromatic rings. The number of carboxylic acids is 2. The van der Waals surface area contributed by atoms with Crippen LogP contribution in [-0.2, 0) is 0 Å². The van der Waals surface area contributed by atoms with Gasteiger partial charge in [-0.1, -0.05) is 0 Å². The minimum atomic E-state index is -1.49. The average Bonchev–Trinajstić information content (AvgIpc) is 2.53. The molecule has 0 atom stereocenters. The first-order valence-electron chi connectivity index (χ1n) is 6.76. The van der Waals surface area contributed by atoms with Gasteiger partial charge in [-0.2, -0.15) is 0 Å². The van der Waals surface area contributed by atoms with Gasteiger partial charge in [-0.05, 0) is 0 Å². The maximum atomic E-state index is 11.9. The molecule has 2 rings (SSSR count). The molecular weight excluding hydrogens is 352 g/mol. The van der Waals surface area contributed by atoms with Gasteiger partial charge in [-0.3, -0.25) is 0 Å². The summed E-state index contributed by atoms with van der Waals surface area (Å²) in [5.74, 6) is -5.71. The highest BCUT2D eigenvalue weighted by molar-refractivity contribution is 6.03. The first-order chi connectivity index (χ1) is 12.1. The molecule has 2 amide bonds. The lowest BCUT2D eigenvalue weighted by Crippen LogP contribution is -2.19. The van der Waals surface area contributed by atoms with Crippen LogP contribution in [0.5, 0.6) is 23.0 Å². The van der Waals surface area contributed by atoms with Crippen LogP contribution >= 0.6 is 0 Å². The van der Waals surface area contributed by atoms with Crippen LogP contribution in [0.3, 0.4) is 0 Å². The number of carbonyl (C=O) groups is 3. The Kier molecular flexibility index (Phi) is 4.73. The smallest absolute Gasteiger partial charge is 0.339 e. The molecule has 0 saturated heterocycles. The van der Waals surface area contributed by atoms with E-state index in [1.807, 2.05) is 0 Å². The predicted octanol–water partition coefficient (Wildman–Crippen LogP) is 1.55. The summed E-state index contributed by atoms with van der Waals surface area (Å²) < 4.78 is 0. The summed E-state index contributed by atoms with van der Waals surface area (Å²) in [4.78, 5) is 33.6. The van der Waals surface area contributed by atoms with E-state index in [4.69, 9.17) is 10.2 Å². The highest BCUT2D eigenvalue weighted by Gasteiger charge is 2.18. The Labute approximate surface area is 144 Å². The molecule has 0 unspecified atom stereocenters. The van der Waals surface area contributed by atoms with Gasteiger partial charge in [0.1, 0.15) is 34.1 Å². The summed E-state index contributed by atoms with van der Waals surface area (Å²) in [7, 11) is 0. The predicted molar refractivity (Wildman–Crippen MR) is 86.1 cm³/mol. The Bertz CT molecular complexity index is 850. The molecule has 0 bridgehead atoms. The second kappa shape index (κ2) is 6.76. The molecule has 11 nitrogen and oxygen atoms in total. The van der Waals surface area contributed by atoms with Gasteiger partial charge < -0.3 is 41.3 Å². The molecule has 26 heavy (non-hydrogen) atoms. The number of nitrogens with one attached hydrogen (secondary N) is 2. The number of phenols is 4. The van der Waals surface area contributed by atoms with E-state index in [1.54, 1.807) is 0 Å². The lowest BCUT2D eigenvalue weighted by Gasteiger charge is -2.12. The third kappa shape index (κ3) is 3.67. The normalized spacial score (nSPS) is 10.2. The molecule has 0 spiro atoms. The molecule has 11 heteroatoms. The number of hydrogen-bond donors (Lipinski definition) is 8. The molecule has 0 aliphatic rings. The molecule has 0 saturated carbocycles. The standard InChI is InChI=1S/C15H12N2O9/c18-9-3-7(11(20)1-5(9)13(22)23)16-15(26)17-8-4-10(19)6(14(24)25)2-12(8)21/h1-4,18-21H,(H,22,23)(H,24,25)(H2,16,17,26). The van der Waals surface area contributed by atoms with Crippen molar-refractivity contribution in [1.82, 2.24) is 0 Å². The van der Waals surface area contributed by atoms with Gasteiger partial charge in [0.25, 0.3) is 0 Å². The summed E-state index contributed by atoms with van der Waals surface area (Å²) in [6, 6.07) is 1.99. The highest BCUT2D eigenvalue weighted by atomic mass is 16.4. The number of benzene rings is 2. The molecule has 2 aromatic carbocycles. The van der Waals surface area contributed by atoms with Crippen LogP contribution in [0.4, 0.5) is 16.2 Å². The van der Waals surface area contributed by atoms with E-state index in [9.17, 15) is 34.8 Å². The summed E-state index contributed by atoms with van der Waals surface area (Å²) in [6.45, 7) is 0. The van der Waals surface area contributed by atoms with Crippen LogP contribution in [0.25, 0.3) is 0 Å². The fraction of sp³-hybridized carbons (Fsp3) is 0. The number of amides is 2. The SMILES string of the molecule is O=C(Nc1cc(O)c(C(=O)O)cc1O)Nc1cc(O)c(C(=O)O)cc1O. The average molecular weight is 364 g/mol. The van der Waals surface area contributed by atoms with E-state index in [0.29, 0.717) is 0 Å². The Morgan fingerprint density at radius 1 is 0.615 bits per heavy atom. The highest BCUT2D eigenvalue weighted by Crippen LogP contribution is 2.33. The quantitative estimate of drug-likeness (QED) is 0.293. The molecule has 0 radical (unpaired) electrons. The van der Waals surface area contributed by atoms with Gasteiger partial charge in [0.2, 0.25) is 0 Å². The Balaban J connectivity index is 2.22. The zero-order chi connectivity index (χ0) is 19.6. The Morgan fingerprint density at radius 3 is 1.27 bits per heavy atom. The van der Waals surface area contributed by atoms with Gasteiger partial charge in [-0.25, -0.2) is 14.4 Å². The lowest BCUT2D eigenvalue weighted by molar-refractivity contribution is 0.0682. The van der Waals surface area contributed by atoms with Crippen LogP contribution in [0.15, 0.2) is 24.3 Å². The van der Waals surface area contributed by atoms with Crippen molar-refractivity contribution >= 4 is 29.3 Å². The molecule has 0 aliphatic carbocycles. The van der Waals surface area contributed by atoms with Crippen molar-refractivity contribution in [3.05, 3.63) is 35.4 Å². The van der Waals surface area contributed by atoms with E-state index >= 15 is 0 Å². The van der Waals surface area contributed by atoms with E-state index < -0.39 is 52.1 Å². The monoisotopic (exact) mass is 364 g/mol. The molecule has 0 aromatic heterocycles. The number of aromatic hydroxyl groups is 4. The first kappa shape index (κ1) is 18.2. The van der Waals surface area contributed by atoms with Crippen LogP contribution in [0.2, 0.25) is 0 Å². The molecule has 136 valence electrons. The number of aromatic carboxylic acids is 2. The van der Waals surface area contributed by atoms with Crippen molar-refractivity contribution in [2.45, 2.75) is 0 Å². The second-order valence-electron chi connectivity index (χ2n) is 4.96. The maximum Gasteiger partial charge on any atom is 0.339 e. The minimum absolute atomic E-state index is 0.337. The van der Waals surface area contributed by atoms with E-state index in [0.717, 1.165) is 24.3 Å². The molecular formula is C15H12N2O9. The summed E-state index contributed by atoms with van der Waals surface area (Å²) in [5.41, 5.74) is -1.84. The van der Waals surface area contributed by atoms with Gasteiger partial charge >= 0.3 is 18.0 Å². The van der Waals surface area contributed by atoms with Crippen molar-refractivity contribution in [2.24, 2.45) is 0 Å². The maximum absolute atomic E-state index is 11.9. The summed E-state index contributed by atoms with van der Waals surface area (Å²) >= 11 is 0. The largest absolute Gasteiger partial charge is 0.507 e. The Hall–Kier alpha value is -4.15. The zero-order valence-electron chi connectivity index (χ0n) is 12.7. The third-order valence-corrected chi connectivity index (χ3v) is 3.19. The first-order valence-corrected chi connectivity index (χ1v) is 6.76. The van der Waals surface area contributed by atoms with Gasteiger partial charge in [-0.15, -0.1) is 0 Å². The second-order valence-corrected chi connectivity index (χ2v) is 4.96. The van der Waals surface area contributed by atoms with E-state index in [2.05, 4.69) is 10.6 Å². The zero-order valence-corrected chi connectivity index (χ0v) is 12.7. The van der Waals surface area contributed by atoms with Crippen molar-refractivity contribution in [2.75, 3.05) is 10.6 Å². The van der Waals surface area contributed by atoms with Gasteiger partial charge in [0, 0.05) is 24.3 Å². The third-order valence-electron chi connectivity index (χ3n) is 3.19. The Morgan fingerprint density at radius 2 is 0.962 bits per heavy atom.